The Morgan fingerprint density at radius 3 is 2.36 bits per heavy atom. The molecule has 0 fully saturated rings. The lowest BCUT2D eigenvalue weighted by atomic mass is 9.88. The van der Waals surface area contributed by atoms with Gasteiger partial charge < -0.3 is 45.7 Å². The summed E-state index contributed by atoms with van der Waals surface area (Å²) in [6, 6.07) is 1.06. The predicted octanol–water partition coefficient (Wildman–Crippen LogP) is 3.26. The van der Waals surface area contributed by atoms with Gasteiger partial charge in [0.2, 0.25) is 0 Å². The summed E-state index contributed by atoms with van der Waals surface area (Å²) in [7, 11) is 2.90. The van der Waals surface area contributed by atoms with E-state index in [1.165, 1.54) is 20.3 Å². The van der Waals surface area contributed by atoms with E-state index in [9.17, 15) is 30.0 Å². The Labute approximate surface area is 228 Å². The van der Waals surface area contributed by atoms with E-state index in [2.05, 4.69) is 5.32 Å². The number of aliphatic hydroxyl groups excluding tert-OH is 1. The Kier molecular flexibility index (Phi) is 11.4. The molecular weight excluding hydrogens is 508 g/mol. The number of phenols is 3. The highest BCUT2D eigenvalue weighted by Crippen LogP contribution is 2.43. The Bertz CT molecular complexity index is 1130. The van der Waals surface area contributed by atoms with Gasteiger partial charge in [0.15, 0.2) is 17.6 Å². The number of aromatic hydroxyl groups is 3. The SMILES string of the molecule is CO[C@H]1C=CC=C(C)C(=O)Nc2cc(O)c(O)c(c2O)C[C@@H](C)C[C@H](OC)[C@H](O)[C@@H](C)C=C(C)[C@@H]1OC(N)=O. The highest BCUT2D eigenvalue weighted by molar-refractivity contribution is 6.04. The Morgan fingerprint density at radius 1 is 1.10 bits per heavy atom. The molecule has 1 aliphatic rings. The van der Waals surface area contributed by atoms with Crippen LogP contribution in [0.3, 0.4) is 0 Å². The van der Waals surface area contributed by atoms with E-state index >= 15 is 0 Å². The van der Waals surface area contributed by atoms with Gasteiger partial charge in [-0.1, -0.05) is 38.2 Å². The fourth-order valence-corrected chi connectivity index (χ4v) is 4.59. The molecule has 0 unspecified atom stereocenters. The molecular formula is C28H40N2O9. The minimum atomic E-state index is -1.00. The minimum absolute atomic E-state index is 0.0553. The summed E-state index contributed by atoms with van der Waals surface area (Å²) in [5.74, 6) is -2.62. The van der Waals surface area contributed by atoms with Crippen LogP contribution in [-0.4, -0.2) is 71.1 Å². The lowest BCUT2D eigenvalue weighted by Crippen LogP contribution is -2.37. The van der Waals surface area contributed by atoms with Crippen molar-refractivity contribution < 1.29 is 44.2 Å². The van der Waals surface area contributed by atoms with Gasteiger partial charge >= 0.3 is 6.09 Å². The summed E-state index contributed by atoms with van der Waals surface area (Å²) in [5.41, 5.74) is 6.12. The van der Waals surface area contributed by atoms with E-state index < -0.39 is 53.8 Å². The van der Waals surface area contributed by atoms with Crippen molar-refractivity contribution in [2.45, 2.75) is 65.0 Å². The minimum Gasteiger partial charge on any atom is -0.505 e. The van der Waals surface area contributed by atoms with Crippen LogP contribution < -0.4 is 11.1 Å². The molecule has 216 valence electrons. The van der Waals surface area contributed by atoms with E-state index in [4.69, 9.17) is 19.9 Å². The second kappa shape index (κ2) is 14.0. The number of allylic oxidation sites excluding steroid dienone is 2. The molecule has 0 aromatic heterocycles. The number of carbonyl (C=O) groups excluding carboxylic acids is 2. The molecule has 0 saturated heterocycles. The van der Waals surface area contributed by atoms with Gasteiger partial charge in [-0.05, 0) is 38.2 Å². The van der Waals surface area contributed by atoms with Crippen LogP contribution in [0.4, 0.5) is 10.5 Å². The van der Waals surface area contributed by atoms with Crippen LogP contribution in [0.5, 0.6) is 17.2 Å². The quantitative estimate of drug-likeness (QED) is 0.188. The molecule has 11 nitrogen and oxygen atoms in total. The van der Waals surface area contributed by atoms with E-state index in [1.54, 1.807) is 39.0 Å². The Balaban J connectivity index is 2.62. The van der Waals surface area contributed by atoms with Gasteiger partial charge in [-0.2, -0.15) is 0 Å². The second-order valence-corrected chi connectivity index (χ2v) is 9.95. The molecule has 7 N–H and O–H groups in total. The van der Waals surface area contributed by atoms with Gasteiger partial charge in [0, 0.05) is 37.3 Å². The summed E-state index contributed by atoms with van der Waals surface area (Å²) in [6.07, 6.45) is 2.53. The number of primary amides is 1. The molecule has 2 bridgehead atoms. The zero-order chi connectivity index (χ0) is 29.4. The standard InChI is InChI=1S/C28H40N2O9/c1-14-10-18-24(33)19(13-20(31)25(18)34)30-27(35)15(2)8-7-9-21(37-5)26(39-28(29)36)17(4)12-16(3)23(32)22(11-14)38-6/h7-9,12-14,16,21-23,26,31-34H,10-11H2,1-6H3,(H2,29,36)(H,30,35)/t14-,16+,21+,22+,23-,26+/m1/s1. The maximum absolute atomic E-state index is 12.8. The van der Waals surface area contributed by atoms with E-state index in [0.29, 0.717) is 12.0 Å². The number of anilines is 1. The topological polar surface area (TPSA) is 181 Å². The van der Waals surface area contributed by atoms with E-state index in [1.807, 2.05) is 6.92 Å². The summed E-state index contributed by atoms with van der Waals surface area (Å²) in [5, 5.41) is 45.2. The first kappa shape index (κ1) is 31.7. The first-order chi connectivity index (χ1) is 18.3. The van der Waals surface area contributed by atoms with Crippen molar-refractivity contribution in [2.24, 2.45) is 17.6 Å². The Morgan fingerprint density at radius 2 is 1.77 bits per heavy atom. The van der Waals surface area contributed by atoms with Gasteiger partial charge in [-0.15, -0.1) is 0 Å². The fourth-order valence-electron chi connectivity index (χ4n) is 4.59. The Hall–Kier alpha value is -3.54. The third kappa shape index (κ3) is 8.22. The third-order valence-electron chi connectivity index (χ3n) is 6.80. The fraction of sp³-hybridized carbons (Fsp3) is 0.500. The van der Waals surface area contributed by atoms with Crippen molar-refractivity contribution in [1.82, 2.24) is 0 Å². The van der Waals surface area contributed by atoms with Crippen LogP contribution >= 0.6 is 0 Å². The largest absolute Gasteiger partial charge is 0.505 e. The molecule has 1 aromatic rings. The van der Waals surface area contributed by atoms with Crippen molar-refractivity contribution in [3.05, 3.63) is 47.1 Å². The summed E-state index contributed by atoms with van der Waals surface area (Å²) in [6.45, 7) is 6.89. The van der Waals surface area contributed by atoms with E-state index in [0.717, 1.165) is 6.07 Å². The molecule has 1 heterocycles. The lowest BCUT2D eigenvalue weighted by Gasteiger charge is -2.29. The van der Waals surface area contributed by atoms with Gasteiger partial charge in [-0.3, -0.25) is 4.79 Å². The van der Waals surface area contributed by atoms with Gasteiger partial charge in [0.1, 0.15) is 11.9 Å². The number of phenolic OH excluding ortho intramolecular Hbond substituents is 3. The average Bonchev–Trinajstić information content (AvgIpc) is 2.88. The zero-order valence-electron chi connectivity index (χ0n) is 23.2. The normalized spacial score (nSPS) is 27.3. The van der Waals surface area contributed by atoms with Crippen LogP contribution in [0.1, 0.15) is 39.7 Å². The number of benzene rings is 1. The molecule has 2 amide bonds. The number of fused-ring (bicyclic) bond motifs is 2. The first-order valence-electron chi connectivity index (χ1n) is 12.6. The molecule has 2 rings (SSSR count). The van der Waals surface area contributed by atoms with Gasteiger partial charge in [0.05, 0.1) is 17.9 Å². The maximum atomic E-state index is 12.8. The zero-order valence-corrected chi connectivity index (χ0v) is 23.2. The number of ether oxygens (including phenoxy) is 3. The van der Waals surface area contributed by atoms with Crippen LogP contribution in [0.15, 0.2) is 41.5 Å². The summed E-state index contributed by atoms with van der Waals surface area (Å²) in [4.78, 5) is 24.5. The lowest BCUT2D eigenvalue weighted by molar-refractivity contribution is -0.112. The van der Waals surface area contributed by atoms with E-state index in [-0.39, 0.29) is 34.9 Å². The number of methoxy groups -OCH3 is 2. The maximum Gasteiger partial charge on any atom is 0.405 e. The van der Waals surface area contributed by atoms with Crippen LogP contribution in [0.25, 0.3) is 0 Å². The smallest absolute Gasteiger partial charge is 0.405 e. The second-order valence-electron chi connectivity index (χ2n) is 9.95. The first-order valence-corrected chi connectivity index (χ1v) is 12.6. The molecule has 39 heavy (non-hydrogen) atoms. The number of rotatable bonds is 3. The highest BCUT2D eigenvalue weighted by atomic mass is 16.6. The van der Waals surface area contributed by atoms with Crippen LogP contribution in [0.2, 0.25) is 0 Å². The van der Waals surface area contributed by atoms with Crippen molar-refractivity contribution in [2.75, 3.05) is 19.5 Å². The molecule has 11 heteroatoms. The van der Waals surface area contributed by atoms with Crippen LogP contribution in [0, 0.1) is 11.8 Å². The number of aliphatic hydroxyl groups is 1. The molecule has 0 spiro atoms. The monoisotopic (exact) mass is 548 g/mol. The van der Waals surface area contributed by atoms with Gasteiger partial charge in [-0.25, -0.2) is 4.79 Å². The summed E-state index contributed by atoms with van der Waals surface area (Å²) < 4.78 is 16.4. The number of amides is 2. The van der Waals surface area contributed by atoms with Crippen molar-refractivity contribution >= 4 is 17.7 Å². The number of hydrogen-bond donors (Lipinski definition) is 6. The summed E-state index contributed by atoms with van der Waals surface area (Å²) >= 11 is 0. The van der Waals surface area contributed by atoms with Gasteiger partial charge in [0.25, 0.3) is 5.91 Å². The predicted molar refractivity (Wildman–Crippen MR) is 145 cm³/mol. The van der Waals surface area contributed by atoms with Crippen LogP contribution in [-0.2, 0) is 25.4 Å². The van der Waals surface area contributed by atoms with Crippen molar-refractivity contribution in [1.29, 1.82) is 0 Å². The molecule has 0 aliphatic carbocycles. The van der Waals surface area contributed by atoms with Crippen molar-refractivity contribution in [3.8, 4) is 17.2 Å². The molecule has 1 aromatic carbocycles. The molecule has 1 aliphatic heterocycles. The average molecular weight is 549 g/mol. The number of hydrogen-bond acceptors (Lipinski definition) is 9. The highest BCUT2D eigenvalue weighted by Gasteiger charge is 2.30. The third-order valence-corrected chi connectivity index (χ3v) is 6.80. The van der Waals surface area contributed by atoms with Crippen molar-refractivity contribution in [3.63, 3.8) is 0 Å². The molecule has 0 saturated carbocycles. The molecule has 6 atom stereocenters. The number of nitrogens with two attached hydrogens (primary N) is 1. The molecule has 0 radical (unpaired) electrons. The number of carbonyl (C=O) groups is 2. The number of nitrogens with one attached hydrogen (secondary N) is 1.